The predicted octanol–water partition coefficient (Wildman–Crippen LogP) is 4.85. The number of halogens is 3. The first kappa shape index (κ1) is 19.1. The number of likely N-dealkylation sites (tertiary alicyclic amines) is 1. The number of nitrogens with one attached hydrogen (secondary N) is 1. The quantitative estimate of drug-likeness (QED) is 0.827. The van der Waals surface area contributed by atoms with Gasteiger partial charge >= 0.3 is 6.18 Å². The lowest BCUT2D eigenvalue weighted by atomic mass is 9.96. The molecule has 1 aliphatic heterocycles. The number of ether oxygens (including phenoxy) is 1. The number of alkyl halides is 3. The number of nitrogens with zero attached hydrogens (tertiary/aromatic N) is 1. The van der Waals surface area contributed by atoms with E-state index in [0.717, 1.165) is 5.69 Å². The van der Waals surface area contributed by atoms with Crippen LogP contribution in [-0.4, -0.2) is 37.2 Å². The first-order valence-corrected chi connectivity index (χ1v) is 8.74. The number of amides is 1. The molecule has 4 nitrogen and oxygen atoms in total. The molecule has 2 aromatic rings. The van der Waals surface area contributed by atoms with Gasteiger partial charge in [-0.25, -0.2) is 0 Å². The summed E-state index contributed by atoms with van der Waals surface area (Å²) in [4.78, 5) is 14.2. The molecule has 1 amide bonds. The van der Waals surface area contributed by atoms with E-state index < -0.39 is 12.1 Å². The Morgan fingerprint density at radius 3 is 2.52 bits per heavy atom. The molecular weight excluding hydrogens is 357 g/mol. The SMILES string of the molecule is COc1ccc(Nc2ccccc2C(=O)N2CCC[C@H](C(F)(F)F)C2)cc1. The number of rotatable bonds is 4. The minimum atomic E-state index is -4.28. The summed E-state index contributed by atoms with van der Waals surface area (Å²) in [7, 11) is 1.57. The molecule has 0 spiro atoms. The number of carbonyl (C=O) groups is 1. The maximum absolute atomic E-state index is 13.0. The number of carbonyl (C=O) groups excluding carboxylic acids is 1. The summed E-state index contributed by atoms with van der Waals surface area (Å²) in [5.41, 5.74) is 1.67. The van der Waals surface area contributed by atoms with Crippen molar-refractivity contribution in [2.45, 2.75) is 19.0 Å². The molecule has 1 heterocycles. The Hall–Kier alpha value is -2.70. The zero-order chi connectivity index (χ0) is 19.4. The zero-order valence-corrected chi connectivity index (χ0v) is 14.9. The van der Waals surface area contributed by atoms with Crippen LogP contribution in [0.5, 0.6) is 5.75 Å². The van der Waals surface area contributed by atoms with Gasteiger partial charge in [-0.1, -0.05) is 12.1 Å². The molecule has 2 aromatic carbocycles. The highest BCUT2D eigenvalue weighted by Gasteiger charge is 2.42. The van der Waals surface area contributed by atoms with Crippen LogP contribution < -0.4 is 10.1 Å². The van der Waals surface area contributed by atoms with Crippen LogP contribution in [0, 0.1) is 5.92 Å². The zero-order valence-electron chi connectivity index (χ0n) is 14.9. The van der Waals surface area contributed by atoms with Crippen LogP contribution in [0.3, 0.4) is 0 Å². The standard InChI is InChI=1S/C20H21F3N2O2/c1-27-16-10-8-15(9-11-16)24-18-7-3-2-6-17(18)19(26)25-12-4-5-14(13-25)20(21,22)23/h2-3,6-11,14,24H,4-5,12-13H2,1H3/t14-/m0/s1. The molecule has 0 bridgehead atoms. The second-order valence-corrected chi connectivity index (χ2v) is 6.53. The van der Waals surface area contributed by atoms with E-state index in [1.165, 1.54) is 4.90 Å². The van der Waals surface area contributed by atoms with E-state index in [1.54, 1.807) is 55.6 Å². The highest BCUT2D eigenvalue weighted by molar-refractivity contribution is 6.00. The van der Waals surface area contributed by atoms with Gasteiger partial charge in [0.25, 0.3) is 5.91 Å². The number of benzene rings is 2. The predicted molar refractivity (Wildman–Crippen MR) is 97.4 cm³/mol. The lowest BCUT2D eigenvalue weighted by molar-refractivity contribution is -0.184. The number of hydrogen-bond donors (Lipinski definition) is 1. The van der Waals surface area contributed by atoms with Crippen molar-refractivity contribution in [3.05, 3.63) is 54.1 Å². The van der Waals surface area contributed by atoms with Crippen LogP contribution in [0.2, 0.25) is 0 Å². The fourth-order valence-corrected chi connectivity index (χ4v) is 3.21. The van der Waals surface area contributed by atoms with Crippen LogP contribution in [0.25, 0.3) is 0 Å². The second-order valence-electron chi connectivity index (χ2n) is 6.53. The van der Waals surface area contributed by atoms with Gasteiger partial charge in [-0.3, -0.25) is 4.79 Å². The molecule has 0 radical (unpaired) electrons. The van der Waals surface area contributed by atoms with Gasteiger partial charge in [0, 0.05) is 18.8 Å². The van der Waals surface area contributed by atoms with Crippen LogP contribution in [-0.2, 0) is 0 Å². The van der Waals surface area contributed by atoms with Gasteiger partial charge in [-0.2, -0.15) is 13.2 Å². The first-order valence-electron chi connectivity index (χ1n) is 8.74. The monoisotopic (exact) mass is 378 g/mol. The van der Waals surface area contributed by atoms with Crippen molar-refractivity contribution in [3.63, 3.8) is 0 Å². The third kappa shape index (κ3) is 4.53. The summed E-state index contributed by atoms with van der Waals surface area (Å²) < 4.78 is 44.3. The minimum absolute atomic E-state index is 0.0685. The van der Waals surface area contributed by atoms with Crippen molar-refractivity contribution < 1.29 is 22.7 Å². The molecule has 1 atom stereocenters. The van der Waals surface area contributed by atoms with E-state index in [1.807, 2.05) is 0 Å². The van der Waals surface area contributed by atoms with Gasteiger partial charge in [0.15, 0.2) is 0 Å². The van der Waals surface area contributed by atoms with Gasteiger partial charge in [0.05, 0.1) is 24.3 Å². The molecule has 144 valence electrons. The number of para-hydroxylation sites is 1. The minimum Gasteiger partial charge on any atom is -0.497 e. The van der Waals surface area contributed by atoms with Crippen molar-refractivity contribution >= 4 is 17.3 Å². The largest absolute Gasteiger partial charge is 0.497 e. The average Bonchev–Trinajstić information content (AvgIpc) is 2.68. The van der Waals surface area contributed by atoms with E-state index in [4.69, 9.17) is 4.74 Å². The normalized spacial score (nSPS) is 17.5. The topological polar surface area (TPSA) is 41.6 Å². The number of methoxy groups -OCH3 is 1. The van der Waals surface area contributed by atoms with Crippen LogP contribution in [0.15, 0.2) is 48.5 Å². The molecule has 0 saturated carbocycles. The summed E-state index contributed by atoms with van der Waals surface area (Å²) in [6, 6.07) is 14.0. The Morgan fingerprint density at radius 1 is 1.15 bits per heavy atom. The molecule has 7 heteroatoms. The van der Waals surface area contributed by atoms with Crippen LogP contribution >= 0.6 is 0 Å². The van der Waals surface area contributed by atoms with Crippen molar-refractivity contribution in [2.75, 3.05) is 25.5 Å². The number of piperidine rings is 1. The van der Waals surface area contributed by atoms with E-state index in [0.29, 0.717) is 30.0 Å². The number of anilines is 2. The molecule has 27 heavy (non-hydrogen) atoms. The van der Waals surface area contributed by atoms with E-state index in [-0.39, 0.29) is 18.9 Å². The van der Waals surface area contributed by atoms with Gasteiger partial charge in [-0.15, -0.1) is 0 Å². The van der Waals surface area contributed by atoms with Gasteiger partial charge in [-0.05, 0) is 49.2 Å². The molecule has 1 saturated heterocycles. The van der Waals surface area contributed by atoms with Gasteiger partial charge in [0.1, 0.15) is 5.75 Å². The van der Waals surface area contributed by atoms with E-state index in [9.17, 15) is 18.0 Å². The Kier molecular flexibility index (Phi) is 5.58. The highest BCUT2D eigenvalue weighted by Crippen LogP contribution is 2.34. The lowest BCUT2D eigenvalue weighted by Crippen LogP contribution is -2.44. The molecule has 1 aliphatic rings. The average molecular weight is 378 g/mol. The third-order valence-electron chi connectivity index (χ3n) is 4.70. The lowest BCUT2D eigenvalue weighted by Gasteiger charge is -2.34. The van der Waals surface area contributed by atoms with Crippen LogP contribution in [0.4, 0.5) is 24.5 Å². The maximum atomic E-state index is 13.0. The molecule has 0 unspecified atom stereocenters. The summed E-state index contributed by atoms with van der Waals surface area (Å²) in [5.74, 6) is -1.14. The van der Waals surface area contributed by atoms with Crippen molar-refractivity contribution in [2.24, 2.45) is 5.92 Å². The molecular formula is C20H21F3N2O2. The molecule has 3 rings (SSSR count). The fraction of sp³-hybridized carbons (Fsp3) is 0.350. The van der Waals surface area contributed by atoms with Crippen molar-refractivity contribution in [3.8, 4) is 5.75 Å². The van der Waals surface area contributed by atoms with E-state index >= 15 is 0 Å². The number of hydrogen-bond acceptors (Lipinski definition) is 3. The van der Waals surface area contributed by atoms with Crippen molar-refractivity contribution in [1.82, 2.24) is 4.90 Å². The Balaban J connectivity index is 1.79. The molecule has 1 N–H and O–H groups in total. The molecule has 1 fully saturated rings. The fourth-order valence-electron chi connectivity index (χ4n) is 3.21. The highest BCUT2D eigenvalue weighted by atomic mass is 19.4. The Labute approximate surface area is 155 Å². The Bertz CT molecular complexity index is 791. The van der Waals surface area contributed by atoms with Gasteiger partial charge < -0.3 is 15.0 Å². The smallest absolute Gasteiger partial charge is 0.393 e. The molecule has 0 aliphatic carbocycles. The molecule has 0 aromatic heterocycles. The summed E-state index contributed by atoms with van der Waals surface area (Å²) in [6.45, 7) is 0.0431. The van der Waals surface area contributed by atoms with Crippen LogP contribution in [0.1, 0.15) is 23.2 Å². The summed E-state index contributed by atoms with van der Waals surface area (Å²) in [6.07, 6.45) is -3.86. The summed E-state index contributed by atoms with van der Waals surface area (Å²) >= 11 is 0. The summed E-state index contributed by atoms with van der Waals surface area (Å²) in [5, 5.41) is 3.16. The van der Waals surface area contributed by atoms with Gasteiger partial charge in [0.2, 0.25) is 0 Å². The van der Waals surface area contributed by atoms with E-state index in [2.05, 4.69) is 5.32 Å². The Morgan fingerprint density at radius 2 is 1.85 bits per heavy atom. The second kappa shape index (κ2) is 7.90. The first-order chi connectivity index (χ1) is 12.9. The third-order valence-corrected chi connectivity index (χ3v) is 4.70. The maximum Gasteiger partial charge on any atom is 0.393 e. The van der Waals surface area contributed by atoms with Crippen molar-refractivity contribution in [1.29, 1.82) is 0 Å².